The highest BCUT2D eigenvalue weighted by atomic mass is 32.2. The molecule has 3 rings (SSSR count). The largest absolute Gasteiger partial charge is 0.318 e. The van der Waals surface area contributed by atoms with Crippen LogP contribution in [0.3, 0.4) is 0 Å². The van der Waals surface area contributed by atoms with E-state index in [9.17, 15) is 8.42 Å². The van der Waals surface area contributed by atoms with Crippen molar-refractivity contribution in [2.24, 2.45) is 5.92 Å². The minimum atomic E-state index is -3.33. The molecule has 1 fully saturated rings. The first-order chi connectivity index (χ1) is 13.5. The Morgan fingerprint density at radius 3 is 2.68 bits per heavy atom. The van der Waals surface area contributed by atoms with Gasteiger partial charge in [0, 0.05) is 32.0 Å². The van der Waals surface area contributed by atoms with Gasteiger partial charge in [-0.1, -0.05) is 26.7 Å². The Hall–Kier alpha value is -1.67. The highest BCUT2D eigenvalue weighted by Gasteiger charge is 2.30. The second kappa shape index (κ2) is 9.69. The van der Waals surface area contributed by atoms with Gasteiger partial charge in [-0.15, -0.1) is 0 Å². The first kappa shape index (κ1) is 21.0. The van der Waals surface area contributed by atoms with Gasteiger partial charge in [0.05, 0.1) is 24.2 Å². The summed E-state index contributed by atoms with van der Waals surface area (Å²) < 4.78 is 29.8. The maximum atomic E-state index is 13.0. The van der Waals surface area contributed by atoms with Crippen molar-refractivity contribution in [1.29, 1.82) is 0 Å². The second-order valence-corrected chi connectivity index (χ2v) is 9.68. The van der Waals surface area contributed by atoms with Crippen LogP contribution >= 0.6 is 0 Å². The van der Waals surface area contributed by atoms with E-state index in [1.807, 2.05) is 21.5 Å². The van der Waals surface area contributed by atoms with Gasteiger partial charge >= 0.3 is 0 Å². The zero-order valence-electron chi connectivity index (χ0n) is 17.1. The van der Waals surface area contributed by atoms with Gasteiger partial charge in [0.1, 0.15) is 0 Å². The van der Waals surface area contributed by atoms with E-state index in [1.165, 1.54) is 0 Å². The van der Waals surface area contributed by atoms with Crippen molar-refractivity contribution in [3.05, 3.63) is 30.4 Å². The summed E-state index contributed by atoms with van der Waals surface area (Å²) in [6.45, 7) is 8.24. The first-order valence-electron chi connectivity index (χ1n) is 10.5. The number of nitrogens with zero attached hydrogens (tertiary/aromatic N) is 5. The van der Waals surface area contributed by atoms with Gasteiger partial charge in [-0.2, -0.15) is 5.10 Å². The third-order valence-corrected chi connectivity index (χ3v) is 7.42. The van der Waals surface area contributed by atoms with Gasteiger partial charge in [-0.25, -0.2) is 13.4 Å². The predicted molar refractivity (Wildman–Crippen MR) is 110 cm³/mol. The molecule has 2 aromatic rings. The third-order valence-electron chi connectivity index (χ3n) is 5.63. The molecule has 2 aromatic heterocycles. The van der Waals surface area contributed by atoms with Crippen LogP contribution in [0.25, 0.3) is 0 Å². The fourth-order valence-electron chi connectivity index (χ4n) is 3.62. The van der Waals surface area contributed by atoms with Gasteiger partial charge in [0.15, 0.2) is 0 Å². The normalized spacial score (nSPS) is 15.2. The predicted octanol–water partition coefficient (Wildman–Crippen LogP) is 2.98. The van der Waals surface area contributed by atoms with Crippen molar-refractivity contribution in [2.45, 2.75) is 70.7 Å². The van der Waals surface area contributed by atoms with Gasteiger partial charge in [-0.05, 0) is 37.8 Å². The van der Waals surface area contributed by atoms with Crippen LogP contribution in [0.15, 0.2) is 29.8 Å². The number of hydrogen-bond acceptors (Lipinski definition) is 5. The summed E-state index contributed by atoms with van der Waals surface area (Å²) in [5.41, 5.74) is 0.989. The monoisotopic (exact) mass is 407 g/mol. The SMILES string of the molecule is CCCCn1c(CN(CC)CCn2cccn2)cnc1S(=O)(=O)CC1CCC1. The summed E-state index contributed by atoms with van der Waals surface area (Å²) in [6, 6.07) is 1.93. The fraction of sp³-hybridized carbons (Fsp3) is 0.700. The molecule has 0 bridgehead atoms. The number of likely N-dealkylation sites (N-methyl/N-ethyl adjacent to an activating group) is 1. The molecular formula is C20H33N5O2S. The summed E-state index contributed by atoms with van der Waals surface area (Å²) in [5, 5.41) is 4.53. The Kier molecular flexibility index (Phi) is 7.29. The first-order valence-corrected chi connectivity index (χ1v) is 12.2. The van der Waals surface area contributed by atoms with E-state index in [2.05, 4.69) is 28.8 Å². The average Bonchev–Trinajstić information content (AvgIpc) is 3.30. The Morgan fingerprint density at radius 1 is 1.25 bits per heavy atom. The van der Waals surface area contributed by atoms with E-state index in [4.69, 9.17) is 0 Å². The number of hydrogen-bond donors (Lipinski definition) is 0. The molecule has 0 amide bonds. The van der Waals surface area contributed by atoms with Crippen molar-refractivity contribution < 1.29 is 8.42 Å². The highest BCUT2D eigenvalue weighted by Crippen LogP contribution is 2.29. The summed E-state index contributed by atoms with van der Waals surface area (Å²) in [4.78, 5) is 6.69. The summed E-state index contributed by atoms with van der Waals surface area (Å²) in [5.74, 6) is 0.554. The standard InChI is InChI=1S/C20H33N5O2S/c1-3-5-12-25-19(16-23(4-2)13-14-24-11-7-10-22-24)15-21-20(25)28(26,27)17-18-8-6-9-18/h7,10-11,15,18H,3-6,8-9,12-14,16-17H2,1-2H3. The number of unbranched alkanes of at least 4 members (excludes halogenated alkanes) is 1. The highest BCUT2D eigenvalue weighted by molar-refractivity contribution is 7.91. The Labute approximate surface area is 168 Å². The molecule has 0 atom stereocenters. The molecule has 0 saturated heterocycles. The molecular weight excluding hydrogens is 374 g/mol. The van der Waals surface area contributed by atoms with Crippen LogP contribution in [-0.4, -0.2) is 51.5 Å². The van der Waals surface area contributed by atoms with Crippen LogP contribution in [0.4, 0.5) is 0 Å². The van der Waals surface area contributed by atoms with Crippen molar-refractivity contribution in [3.63, 3.8) is 0 Å². The fourth-order valence-corrected chi connectivity index (χ4v) is 5.48. The van der Waals surface area contributed by atoms with Gasteiger partial charge < -0.3 is 4.57 Å². The Balaban J connectivity index is 1.74. The second-order valence-electron chi connectivity index (χ2n) is 7.75. The molecule has 1 aliphatic carbocycles. The zero-order chi connectivity index (χ0) is 20.0. The molecule has 0 spiro atoms. The van der Waals surface area contributed by atoms with E-state index in [-0.39, 0.29) is 10.9 Å². The lowest BCUT2D eigenvalue weighted by Crippen LogP contribution is -2.29. The number of imidazole rings is 1. The lowest BCUT2D eigenvalue weighted by Gasteiger charge is -2.25. The van der Waals surface area contributed by atoms with E-state index in [0.717, 1.165) is 57.4 Å². The van der Waals surface area contributed by atoms with E-state index in [0.29, 0.717) is 19.0 Å². The maximum Gasteiger partial charge on any atom is 0.227 e. The Bertz CT molecular complexity index is 825. The van der Waals surface area contributed by atoms with Gasteiger partial charge in [-0.3, -0.25) is 9.58 Å². The summed E-state index contributed by atoms with van der Waals surface area (Å²) in [6.07, 6.45) is 10.7. The van der Waals surface area contributed by atoms with E-state index in [1.54, 1.807) is 12.4 Å². The maximum absolute atomic E-state index is 13.0. The third kappa shape index (κ3) is 5.23. The summed E-state index contributed by atoms with van der Waals surface area (Å²) in [7, 11) is -3.33. The van der Waals surface area contributed by atoms with Crippen LogP contribution in [0.2, 0.25) is 0 Å². The van der Waals surface area contributed by atoms with Crippen LogP contribution in [-0.2, 0) is 29.5 Å². The molecule has 0 unspecified atom stereocenters. The average molecular weight is 408 g/mol. The molecule has 0 N–H and O–H groups in total. The van der Waals surface area contributed by atoms with Gasteiger partial charge in [0.25, 0.3) is 0 Å². The lowest BCUT2D eigenvalue weighted by molar-refractivity contribution is 0.255. The molecule has 1 aliphatic rings. The number of rotatable bonds is 12. The molecule has 156 valence electrons. The van der Waals surface area contributed by atoms with Crippen molar-refractivity contribution in [2.75, 3.05) is 18.8 Å². The van der Waals surface area contributed by atoms with Crippen molar-refractivity contribution in [3.8, 4) is 0 Å². The van der Waals surface area contributed by atoms with Crippen LogP contribution < -0.4 is 0 Å². The molecule has 8 heteroatoms. The molecule has 28 heavy (non-hydrogen) atoms. The van der Waals surface area contributed by atoms with Crippen LogP contribution in [0, 0.1) is 5.92 Å². The van der Waals surface area contributed by atoms with Crippen molar-refractivity contribution in [1.82, 2.24) is 24.2 Å². The lowest BCUT2D eigenvalue weighted by atomic mass is 9.87. The zero-order valence-corrected chi connectivity index (χ0v) is 17.9. The van der Waals surface area contributed by atoms with E-state index < -0.39 is 9.84 Å². The molecule has 0 radical (unpaired) electrons. The smallest absolute Gasteiger partial charge is 0.227 e. The van der Waals surface area contributed by atoms with E-state index >= 15 is 0 Å². The topological polar surface area (TPSA) is 73.0 Å². The quantitative estimate of drug-likeness (QED) is 0.541. The molecule has 0 aliphatic heterocycles. The summed E-state index contributed by atoms with van der Waals surface area (Å²) >= 11 is 0. The number of aromatic nitrogens is 4. The molecule has 0 aromatic carbocycles. The van der Waals surface area contributed by atoms with Gasteiger partial charge in [0.2, 0.25) is 15.0 Å². The minimum Gasteiger partial charge on any atom is -0.318 e. The van der Waals surface area contributed by atoms with Crippen molar-refractivity contribution >= 4 is 9.84 Å². The molecule has 2 heterocycles. The Morgan fingerprint density at radius 2 is 2.07 bits per heavy atom. The number of sulfone groups is 1. The minimum absolute atomic E-state index is 0.242. The molecule has 7 nitrogen and oxygen atoms in total. The molecule has 1 saturated carbocycles. The van der Waals surface area contributed by atoms with Crippen LogP contribution in [0.5, 0.6) is 0 Å². The van der Waals surface area contributed by atoms with Crippen LogP contribution in [0.1, 0.15) is 51.6 Å².